The molecule has 1 aliphatic rings. The van der Waals surface area contributed by atoms with Crippen LogP contribution in [0.3, 0.4) is 0 Å². The summed E-state index contributed by atoms with van der Waals surface area (Å²) in [5.41, 5.74) is 6.69. The van der Waals surface area contributed by atoms with E-state index in [1.54, 1.807) is 0 Å². The Balaban J connectivity index is 0.000000301. The van der Waals surface area contributed by atoms with Gasteiger partial charge in [-0.15, -0.1) is 17.7 Å². The van der Waals surface area contributed by atoms with Gasteiger partial charge in [0.1, 0.15) is 5.58 Å². The third-order valence-electron chi connectivity index (χ3n) is 10.7. The monoisotopic (exact) mass is 883 g/mol. The van der Waals surface area contributed by atoms with Gasteiger partial charge in [-0.1, -0.05) is 128 Å². The van der Waals surface area contributed by atoms with Gasteiger partial charge in [-0.2, -0.15) is 0 Å². The van der Waals surface area contributed by atoms with Gasteiger partial charge in [0, 0.05) is 57.7 Å². The molecule has 1 N–H and O–H groups in total. The van der Waals surface area contributed by atoms with E-state index in [-0.39, 0.29) is 48.9 Å². The number of fused-ring (bicyclic) bond motifs is 4. The van der Waals surface area contributed by atoms with Crippen molar-refractivity contribution < 1.29 is 34.4 Å². The van der Waals surface area contributed by atoms with Crippen molar-refractivity contribution in [1.29, 1.82) is 0 Å². The van der Waals surface area contributed by atoms with E-state index in [2.05, 4.69) is 102 Å². The van der Waals surface area contributed by atoms with Gasteiger partial charge in [0.15, 0.2) is 5.78 Å². The Morgan fingerprint density at radius 1 is 0.860 bits per heavy atom. The molecule has 7 heteroatoms. The number of carbonyl (C=O) groups is 1. The van der Waals surface area contributed by atoms with Crippen molar-refractivity contribution in [3.63, 3.8) is 0 Å². The average Bonchev–Trinajstić information content (AvgIpc) is 3.40. The van der Waals surface area contributed by atoms with E-state index in [1.165, 1.54) is 49.1 Å². The quantitative estimate of drug-likeness (QED) is 0.0693. The number of furan rings is 1. The first-order valence-electron chi connectivity index (χ1n) is 18.3. The molecule has 2 aromatic heterocycles. The Morgan fingerprint density at radius 3 is 2.02 bits per heavy atom. The van der Waals surface area contributed by atoms with Gasteiger partial charge in [0.2, 0.25) is 0 Å². The Labute approximate surface area is 315 Å². The summed E-state index contributed by atoms with van der Waals surface area (Å²) in [6.45, 7) is 27.2. The van der Waals surface area contributed by atoms with Gasteiger partial charge in [0.25, 0.3) is 0 Å². The van der Waals surface area contributed by atoms with Crippen LogP contribution in [0.4, 0.5) is 0 Å². The zero-order chi connectivity index (χ0) is 36.1. The summed E-state index contributed by atoms with van der Waals surface area (Å²) in [6, 6.07) is 19.3. The maximum Gasteiger partial charge on any atom is 0.162 e. The number of nitrogens with zero attached hydrogens (tertiary/aromatic N) is 1. The molecular weight excluding hydrogens is 827 g/mol. The molecule has 0 saturated carbocycles. The molecule has 50 heavy (non-hydrogen) atoms. The van der Waals surface area contributed by atoms with Crippen LogP contribution >= 0.6 is 0 Å². The van der Waals surface area contributed by atoms with Crippen LogP contribution in [-0.2, 0) is 30.3 Å². The van der Waals surface area contributed by atoms with Crippen molar-refractivity contribution in [2.24, 2.45) is 11.8 Å². The number of aliphatic hydroxyl groups is 1. The van der Waals surface area contributed by atoms with Crippen molar-refractivity contribution >= 4 is 65.0 Å². The van der Waals surface area contributed by atoms with E-state index < -0.39 is 16.1 Å². The van der Waals surface area contributed by atoms with Crippen LogP contribution in [0.25, 0.3) is 44.0 Å². The molecule has 5 aromatic rings. The minimum absolute atomic E-state index is 0. The van der Waals surface area contributed by atoms with E-state index in [9.17, 15) is 9.90 Å². The number of carbonyl (C=O) groups excluding carboxylic acids is 1. The third-order valence-corrected chi connectivity index (χ3v) is 14.7. The summed E-state index contributed by atoms with van der Waals surface area (Å²) in [6.07, 6.45) is 6.93. The third kappa shape index (κ3) is 7.13. The van der Waals surface area contributed by atoms with Gasteiger partial charge < -0.3 is 14.5 Å². The van der Waals surface area contributed by atoms with Crippen LogP contribution < -0.4 is 10.4 Å². The smallest absolute Gasteiger partial charge is 0.162 e. The van der Waals surface area contributed by atoms with Crippen molar-refractivity contribution in [3.8, 4) is 11.3 Å². The largest absolute Gasteiger partial charge is 0.512 e. The van der Waals surface area contributed by atoms with Crippen LogP contribution in [0.2, 0.25) is 39.3 Å². The van der Waals surface area contributed by atoms with E-state index >= 15 is 0 Å². The van der Waals surface area contributed by atoms with Crippen molar-refractivity contribution in [1.82, 2.24) is 4.98 Å². The second-order valence-electron chi connectivity index (χ2n) is 16.4. The number of aromatic nitrogens is 1. The van der Waals surface area contributed by atoms with Crippen molar-refractivity contribution in [2.75, 3.05) is 0 Å². The topological polar surface area (TPSA) is 63.3 Å². The Hall–Kier alpha value is -2.84. The summed E-state index contributed by atoms with van der Waals surface area (Å²) >= 11 is 0. The van der Waals surface area contributed by atoms with Gasteiger partial charge >= 0.3 is 0 Å². The Kier molecular flexibility index (Phi) is 12.0. The molecule has 4 nitrogen and oxygen atoms in total. The fourth-order valence-corrected chi connectivity index (χ4v) is 10.5. The zero-order valence-corrected chi connectivity index (χ0v) is 36.6. The molecule has 1 aliphatic carbocycles. The first-order chi connectivity index (χ1) is 23.0. The molecule has 1 radical (unpaired) electrons. The molecule has 0 bridgehead atoms. The molecular formula is C43H56IrNO3Si2-. The predicted molar refractivity (Wildman–Crippen MR) is 215 cm³/mol. The van der Waals surface area contributed by atoms with Gasteiger partial charge in [-0.25, -0.2) is 0 Å². The zero-order valence-electron chi connectivity index (χ0n) is 32.2. The summed E-state index contributed by atoms with van der Waals surface area (Å²) in [5, 5.41) is 17.5. The Morgan fingerprint density at radius 2 is 1.44 bits per heavy atom. The minimum atomic E-state index is -1.66. The number of hydrogen-bond acceptors (Lipinski definition) is 4. The number of rotatable bonds is 9. The fraction of sp³-hybridized carbons (Fsp3) is 0.442. The predicted octanol–water partition coefficient (Wildman–Crippen LogP) is 11.2. The molecule has 0 aliphatic heterocycles. The molecule has 2 heterocycles. The second kappa shape index (κ2) is 15.0. The van der Waals surface area contributed by atoms with Gasteiger partial charge in [0.05, 0.1) is 19.4 Å². The second-order valence-corrected chi connectivity index (χ2v) is 26.5. The maximum absolute atomic E-state index is 11.7. The number of ketones is 1. The number of pyridine rings is 1. The maximum atomic E-state index is 11.7. The van der Waals surface area contributed by atoms with Crippen LogP contribution in [0.1, 0.15) is 78.4 Å². The SMILES string of the molecule is CC1(C)c2c(ncc3ccccc23)-c2[c-]cc([Si](C)(C)C)c3oc4c([Si](C)(C)C)ccc1c4c23.CCC(CC)C(=O)/C=C(\O)C(CC)CC.[Ir]. The molecule has 0 spiro atoms. The molecule has 0 unspecified atom stereocenters. The molecule has 0 atom stereocenters. The molecule has 6 rings (SSSR count). The molecule has 3 aromatic carbocycles. The average molecular weight is 883 g/mol. The number of hydrogen-bond donors (Lipinski definition) is 1. The van der Waals surface area contributed by atoms with Crippen LogP contribution in [-0.4, -0.2) is 32.0 Å². The standard InChI is InChI=1S/C30H32NOSi2.C13H24O2.Ir/c1-30(2)21-14-16-23(34(6,7)8)29-25(21)24-20(13-15-22(28(24)32-29)33(3,4)5)27-26(30)19-12-10-9-11-18(19)17-31-27;1-5-10(6-2)12(14)9-13(15)11(7-3)8-4;/h9-12,14-17H,1-8H3;9-11,14H,5-8H2,1-4H3;/q-1;;/b;12-9-;. The van der Waals surface area contributed by atoms with E-state index in [4.69, 9.17) is 9.40 Å². The number of allylic oxidation sites excluding steroid dienone is 2. The first-order valence-corrected chi connectivity index (χ1v) is 25.3. The summed E-state index contributed by atoms with van der Waals surface area (Å²) < 4.78 is 6.94. The van der Waals surface area contributed by atoms with E-state index in [0.717, 1.165) is 48.1 Å². The summed E-state index contributed by atoms with van der Waals surface area (Å²) in [4.78, 5) is 16.8. The summed E-state index contributed by atoms with van der Waals surface area (Å²) in [7, 11) is -3.30. The van der Waals surface area contributed by atoms with Crippen molar-refractivity contribution in [3.05, 3.63) is 77.7 Å². The normalized spacial score (nSPS) is 14.2. The van der Waals surface area contributed by atoms with Gasteiger partial charge in [-0.3, -0.25) is 4.79 Å². The first kappa shape index (κ1) is 39.9. The van der Waals surface area contributed by atoms with Crippen LogP contribution in [0.15, 0.2) is 64.9 Å². The van der Waals surface area contributed by atoms with Crippen LogP contribution in [0.5, 0.6) is 0 Å². The van der Waals surface area contributed by atoms with Crippen LogP contribution in [0, 0.1) is 17.9 Å². The number of aliphatic hydroxyl groups excluding tert-OH is 1. The Bertz CT molecular complexity index is 2050. The fourth-order valence-electron chi connectivity index (χ4n) is 7.67. The minimum Gasteiger partial charge on any atom is -0.512 e. The molecule has 0 fully saturated rings. The molecule has 269 valence electrons. The van der Waals surface area contributed by atoms with E-state index in [1.807, 2.05) is 33.9 Å². The van der Waals surface area contributed by atoms with E-state index in [0.29, 0.717) is 0 Å². The summed E-state index contributed by atoms with van der Waals surface area (Å²) in [5.74, 6) is 0.547. The number of benzene rings is 3. The molecule has 0 saturated heterocycles. The van der Waals surface area contributed by atoms with Gasteiger partial charge in [-0.05, 0) is 63.8 Å². The molecule has 0 amide bonds. The van der Waals surface area contributed by atoms with Crippen molar-refractivity contribution in [2.45, 2.75) is 112 Å².